The van der Waals surface area contributed by atoms with Crippen LogP contribution < -0.4 is 15.4 Å². The molecule has 0 fully saturated rings. The fourth-order valence-corrected chi connectivity index (χ4v) is 1.39. The minimum atomic E-state index is -0.949. The van der Waals surface area contributed by atoms with Crippen LogP contribution in [0.3, 0.4) is 0 Å². The third kappa shape index (κ3) is 6.58. The Morgan fingerprint density at radius 3 is 2.80 bits per heavy atom. The van der Waals surface area contributed by atoms with E-state index in [1.54, 1.807) is 18.3 Å². The molecule has 0 unspecified atom stereocenters. The summed E-state index contributed by atoms with van der Waals surface area (Å²) >= 11 is 0. The Kier molecular flexibility index (Phi) is 6.28. The van der Waals surface area contributed by atoms with Crippen LogP contribution in [-0.2, 0) is 11.3 Å². The quantitative estimate of drug-likeness (QED) is 0.696. The molecule has 0 spiro atoms. The topological polar surface area (TPSA) is 101 Å². The van der Waals surface area contributed by atoms with E-state index in [9.17, 15) is 9.59 Å². The van der Waals surface area contributed by atoms with Crippen LogP contribution in [0.4, 0.5) is 4.79 Å². The van der Waals surface area contributed by atoms with Gasteiger partial charge in [0.2, 0.25) is 5.88 Å². The van der Waals surface area contributed by atoms with Crippen molar-refractivity contribution in [3.8, 4) is 5.88 Å². The van der Waals surface area contributed by atoms with Crippen molar-refractivity contribution in [2.24, 2.45) is 0 Å². The molecule has 0 aliphatic heterocycles. The molecule has 1 heterocycles. The Hall–Kier alpha value is -2.31. The number of ether oxygens (including phenoxy) is 1. The zero-order valence-electron chi connectivity index (χ0n) is 11.5. The first-order valence-electron chi connectivity index (χ1n) is 6.32. The molecule has 1 rings (SSSR count). The summed E-state index contributed by atoms with van der Waals surface area (Å²) in [7, 11) is 0. The van der Waals surface area contributed by atoms with Gasteiger partial charge in [-0.3, -0.25) is 4.79 Å². The van der Waals surface area contributed by atoms with Crippen molar-refractivity contribution in [3.05, 3.63) is 23.9 Å². The summed E-state index contributed by atoms with van der Waals surface area (Å²) in [5, 5.41) is 13.5. The first-order chi connectivity index (χ1) is 9.47. The number of aromatic nitrogens is 1. The van der Waals surface area contributed by atoms with Gasteiger partial charge in [-0.15, -0.1) is 0 Å². The van der Waals surface area contributed by atoms with E-state index in [0.29, 0.717) is 12.4 Å². The van der Waals surface area contributed by atoms with Gasteiger partial charge in [0, 0.05) is 25.4 Å². The molecule has 0 bridgehead atoms. The van der Waals surface area contributed by atoms with Gasteiger partial charge in [-0.2, -0.15) is 0 Å². The van der Waals surface area contributed by atoms with Crippen molar-refractivity contribution in [2.75, 3.05) is 6.54 Å². The highest BCUT2D eigenvalue weighted by Crippen LogP contribution is 2.10. The smallest absolute Gasteiger partial charge is 0.315 e. The van der Waals surface area contributed by atoms with Gasteiger partial charge in [0.25, 0.3) is 0 Å². The number of carboxylic acid groups (broad SMARTS) is 1. The lowest BCUT2D eigenvalue weighted by Crippen LogP contribution is -2.36. The molecule has 110 valence electrons. The number of aliphatic carboxylic acids is 1. The van der Waals surface area contributed by atoms with Gasteiger partial charge >= 0.3 is 12.0 Å². The van der Waals surface area contributed by atoms with E-state index >= 15 is 0 Å². The minimum Gasteiger partial charge on any atom is -0.481 e. The predicted molar refractivity (Wildman–Crippen MR) is 72.5 cm³/mol. The van der Waals surface area contributed by atoms with Crippen LogP contribution in [0.25, 0.3) is 0 Å². The standard InChI is InChI=1S/C13H19N3O4/c1-9(2)20-11-7-10(3-5-14-11)8-16-13(19)15-6-4-12(17)18/h3,5,7,9H,4,6,8H2,1-2H3,(H,17,18)(H2,15,16,19). The molecule has 0 aliphatic rings. The Morgan fingerprint density at radius 2 is 2.15 bits per heavy atom. The average Bonchev–Trinajstić information content (AvgIpc) is 2.35. The van der Waals surface area contributed by atoms with Gasteiger partial charge in [-0.1, -0.05) is 0 Å². The number of pyridine rings is 1. The lowest BCUT2D eigenvalue weighted by atomic mass is 10.2. The molecule has 2 amide bonds. The van der Waals surface area contributed by atoms with E-state index in [1.165, 1.54) is 0 Å². The number of hydrogen-bond donors (Lipinski definition) is 3. The molecule has 20 heavy (non-hydrogen) atoms. The second-order valence-corrected chi connectivity index (χ2v) is 4.42. The fraction of sp³-hybridized carbons (Fsp3) is 0.462. The van der Waals surface area contributed by atoms with Gasteiger partial charge in [-0.05, 0) is 25.5 Å². The lowest BCUT2D eigenvalue weighted by molar-refractivity contribution is -0.136. The van der Waals surface area contributed by atoms with Crippen molar-refractivity contribution in [1.29, 1.82) is 0 Å². The summed E-state index contributed by atoms with van der Waals surface area (Å²) < 4.78 is 5.45. The monoisotopic (exact) mass is 281 g/mol. The first-order valence-corrected chi connectivity index (χ1v) is 6.32. The van der Waals surface area contributed by atoms with Crippen molar-refractivity contribution in [1.82, 2.24) is 15.6 Å². The van der Waals surface area contributed by atoms with E-state index in [4.69, 9.17) is 9.84 Å². The molecule has 0 saturated carbocycles. The number of hydrogen-bond acceptors (Lipinski definition) is 4. The Bertz CT molecular complexity index is 463. The molecule has 1 aromatic rings. The number of carbonyl (C=O) groups is 2. The highest BCUT2D eigenvalue weighted by molar-refractivity contribution is 5.74. The minimum absolute atomic E-state index is 0.0324. The molecule has 7 heteroatoms. The summed E-state index contributed by atoms with van der Waals surface area (Å²) in [5.41, 5.74) is 0.851. The average molecular weight is 281 g/mol. The number of urea groups is 1. The Balaban J connectivity index is 2.37. The second kappa shape index (κ2) is 7.98. The molecule has 0 radical (unpaired) electrons. The largest absolute Gasteiger partial charge is 0.481 e. The maximum absolute atomic E-state index is 11.4. The third-order valence-electron chi connectivity index (χ3n) is 2.23. The SMILES string of the molecule is CC(C)Oc1cc(CNC(=O)NCCC(=O)O)ccn1. The lowest BCUT2D eigenvalue weighted by Gasteiger charge is -2.10. The number of nitrogens with one attached hydrogen (secondary N) is 2. The van der Waals surface area contributed by atoms with Crippen LogP contribution in [-0.4, -0.2) is 34.7 Å². The van der Waals surface area contributed by atoms with Crippen LogP contribution in [0.15, 0.2) is 18.3 Å². The van der Waals surface area contributed by atoms with Crippen molar-refractivity contribution in [2.45, 2.75) is 32.9 Å². The maximum Gasteiger partial charge on any atom is 0.315 e. The van der Waals surface area contributed by atoms with E-state index in [0.717, 1.165) is 5.56 Å². The van der Waals surface area contributed by atoms with Gasteiger partial charge < -0.3 is 20.5 Å². The summed E-state index contributed by atoms with van der Waals surface area (Å²) in [5.74, 6) is -0.444. The van der Waals surface area contributed by atoms with Gasteiger partial charge in [-0.25, -0.2) is 9.78 Å². The molecule has 1 aromatic heterocycles. The van der Waals surface area contributed by atoms with E-state index in [2.05, 4.69) is 15.6 Å². The molecular formula is C13H19N3O4. The van der Waals surface area contributed by atoms with Crippen LogP contribution in [0.5, 0.6) is 5.88 Å². The fourth-order valence-electron chi connectivity index (χ4n) is 1.39. The highest BCUT2D eigenvalue weighted by atomic mass is 16.5. The van der Waals surface area contributed by atoms with Crippen LogP contribution in [0.2, 0.25) is 0 Å². The van der Waals surface area contributed by atoms with E-state index < -0.39 is 12.0 Å². The number of rotatable bonds is 7. The van der Waals surface area contributed by atoms with Crippen molar-refractivity contribution >= 4 is 12.0 Å². The molecule has 7 nitrogen and oxygen atoms in total. The molecule has 0 aliphatic carbocycles. The molecule has 0 atom stereocenters. The molecular weight excluding hydrogens is 262 g/mol. The molecule has 3 N–H and O–H groups in total. The first kappa shape index (κ1) is 15.7. The highest BCUT2D eigenvalue weighted by Gasteiger charge is 2.04. The van der Waals surface area contributed by atoms with Gasteiger partial charge in [0.05, 0.1) is 12.5 Å². The summed E-state index contributed by atoms with van der Waals surface area (Å²) in [6.45, 7) is 4.22. The second-order valence-electron chi connectivity index (χ2n) is 4.42. The molecule has 0 aromatic carbocycles. The molecule has 0 saturated heterocycles. The maximum atomic E-state index is 11.4. The van der Waals surface area contributed by atoms with E-state index in [-0.39, 0.29) is 19.1 Å². The number of amides is 2. The van der Waals surface area contributed by atoms with Gasteiger partial charge in [0.15, 0.2) is 0 Å². The van der Waals surface area contributed by atoms with Gasteiger partial charge in [0.1, 0.15) is 0 Å². The summed E-state index contributed by atoms with van der Waals surface area (Å²) in [6.07, 6.45) is 1.54. The number of nitrogens with zero attached hydrogens (tertiary/aromatic N) is 1. The van der Waals surface area contributed by atoms with Crippen molar-refractivity contribution < 1.29 is 19.4 Å². The zero-order valence-corrected chi connectivity index (χ0v) is 11.5. The zero-order chi connectivity index (χ0) is 15.0. The van der Waals surface area contributed by atoms with Crippen LogP contribution in [0, 0.1) is 0 Å². The predicted octanol–water partition coefficient (Wildman–Crippen LogP) is 1.14. The van der Waals surface area contributed by atoms with Crippen LogP contribution in [0.1, 0.15) is 25.8 Å². The van der Waals surface area contributed by atoms with E-state index in [1.807, 2.05) is 13.8 Å². The summed E-state index contributed by atoms with van der Waals surface area (Å²) in [6, 6.07) is 3.11. The number of carboxylic acids is 1. The Morgan fingerprint density at radius 1 is 1.40 bits per heavy atom. The summed E-state index contributed by atoms with van der Waals surface area (Å²) in [4.78, 5) is 25.8. The van der Waals surface area contributed by atoms with Crippen molar-refractivity contribution in [3.63, 3.8) is 0 Å². The third-order valence-corrected chi connectivity index (χ3v) is 2.23. The van der Waals surface area contributed by atoms with Crippen LogP contribution >= 0.6 is 0 Å². The normalized spacial score (nSPS) is 10.2. The number of carbonyl (C=O) groups excluding carboxylic acids is 1. The Labute approximate surface area is 117 Å².